The molecule has 0 saturated carbocycles. The Labute approximate surface area is 66.1 Å². The van der Waals surface area contributed by atoms with E-state index in [1.54, 1.807) is 0 Å². The summed E-state index contributed by atoms with van der Waals surface area (Å²) in [5, 5.41) is 18.6. The Bertz CT molecular complexity index is 189. The van der Waals surface area contributed by atoms with Gasteiger partial charge in [0, 0.05) is 18.8 Å². The predicted molar refractivity (Wildman–Crippen MR) is 33.1 cm³/mol. The van der Waals surface area contributed by atoms with Gasteiger partial charge in [0.2, 0.25) is 6.10 Å². The zero-order valence-corrected chi connectivity index (χ0v) is 6.42. The molecule has 0 radical (unpaired) electrons. The molecule has 7 heteroatoms. The number of aliphatic hydroxyl groups is 1. The summed E-state index contributed by atoms with van der Waals surface area (Å²) >= 11 is 0. The Morgan fingerprint density at radius 1 is 1.42 bits per heavy atom. The van der Waals surface area contributed by atoms with Crippen LogP contribution in [0.1, 0.15) is 13.8 Å². The van der Waals surface area contributed by atoms with Crippen LogP contribution in [0.15, 0.2) is 0 Å². The van der Waals surface area contributed by atoms with E-state index in [1.807, 2.05) is 0 Å². The van der Waals surface area contributed by atoms with Crippen molar-refractivity contribution >= 4 is 0 Å². The second-order valence-corrected chi connectivity index (χ2v) is 2.85. The molecule has 72 valence electrons. The molecule has 1 atom stereocenters. The summed E-state index contributed by atoms with van der Waals surface area (Å²) in [4.78, 5) is 8.89. The molecule has 0 bridgehead atoms. The van der Waals surface area contributed by atoms with Gasteiger partial charge in [-0.3, -0.25) is 10.1 Å². The SMILES string of the molecule is CC(C)(C(O)C(F)(F)F)[N+](=O)[O-]. The highest BCUT2D eigenvalue weighted by Crippen LogP contribution is 2.29. The lowest BCUT2D eigenvalue weighted by atomic mass is 9.98. The maximum atomic E-state index is 11.8. The highest BCUT2D eigenvalue weighted by molar-refractivity contribution is 4.83. The van der Waals surface area contributed by atoms with E-state index in [1.165, 1.54) is 0 Å². The van der Waals surface area contributed by atoms with Crippen LogP contribution in [0.4, 0.5) is 13.2 Å². The molecule has 12 heavy (non-hydrogen) atoms. The number of alkyl halides is 3. The van der Waals surface area contributed by atoms with Crippen LogP contribution in [0, 0.1) is 10.1 Å². The minimum atomic E-state index is -4.96. The van der Waals surface area contributed by atoms with Gasteiger partial charge in [0.25, 0.3) is 5.54 Å². The van der Waals surface area contributed by atoms with Crippen molar-refractivity contribution in [3.8, 4) is 0 Å². The third-order valence-corrected chi connectivity index (χ3v) is 1.45. The van der Waals surface area contributed by atoms with Crippen LogP contribution >= 0.6 is 0 Å². The summed E-state index contributed by atoms with van der Waals surface area (Å²) in [7, 11) is 0. The lowest BCUT2D eigenvalue weighted by Gasteiger charge is -2.23. The fourth-order valence-electron chi connectivity index (χ4n) is 0.500. The second kappa shape index (κ2) is 2.89. The average Bonchev–Trinajstić information content (AvgIpc) is 1.83. The molecule has 0 aromatic heterocycles. The van der Waals surface area contributed by atoms with Crippen LogP contribution in [0.5, 0.6) is 0 Å². The fraction of sp³-hybridized carbons (Fsp3) is 1.00. The first-order valence-electron chi connectivity index (χ1n) is 2.99. The van der Waals surface area contributed by atoms with Crippen molar-refractivity contribution in [2.24, 2.45) is 0 Å². The van der Waals surface area contributed by atoms with Gasteiger partial charge >= 0.3 is 6.18 Å². The van der Waals surface area contributed by atoms with Gasteiger partial charge in [0.15, 0.2) is 0 Å². The lowest BCUT2D eigenvalue weighted by molar-refractivity contribution is -0.582. The second-order valence-electron chi connectivity index (χ2n) is 2.85. The zero-order valence-electron chi connectivity index (χ0n) is 6.42. The van der Waals surface area contributed by atoms with Gasteiger partial charge in [-0.05, 0) is 0 Å². The van der Waals surface area contributed by atoms with Crippen molar-refractivity contribution in [3.63, 3.8) is 0 Å². The quantitative estimate of drug-likeness (QED) is 0.517. The van der Waals surface area contributed by atoms with E-state index < -0.39 is 22.7 Å². The summed E-state index contributed by atoms with van der Waals surface area (Å²) < 4.78 is 35.3. The van der Waals surface area contributed by atoms with Gasteiger partial charge in [-0.15, -0.1) is 0 Å². The normalized spacial score (nSPS) is 15.8. The lowest BCUT2D eigenvalue weighted by Crippen LogP contribution is -2.51. The molecule has 1 N–H and O–H groups in total. The Kier molecular flexibility index (Phi) is 2.68. The van der Waals surface area contributed by atoms with Gasteiger partial charge in [0.05, 0.1) is 0 Å². The maximum absolute atomic E-state index is 11.8. The zero-order chi connectivity index (χ0) is 10.2. The number of halogens is 3. The highest BCUT2D eigenvalue weighted by Gasteiger charge is 2.55. The smallest absolute Gasteiger partial charge is 0.378 e. The number of hydrogen-bond donors (Lipinski definition) is 1. The van der Waals surface area contributed by atoms with E-state index in [9.17, 15) is 23.3 Å². The molecular formula is C5H8F3NO3. The molecule has 0 saturated heterocycles. The van der Waals surface area contributed by atoms with Crippen molar-refractivity contribution in [2.75, 3.05) is 0 Å². The van der Waals surface area contributed by atoms with Gasteiger partial charge in [-0.25, -0.2) is 0 Å². The van der Waals surface area contributed by atoms with Crippen molar-refractivity contribution in [1.29, 1.82) is 0 Å². The van der Waals surface area contributed by atoms with Crippen molar-refractivity contribution in [1.82, 2.24) is 0 Å². The summed E-state index contributed by atoms with van der Waals surface area (Å²) in [6.45, 7) is 1.43. The Hall–Kier alpha value is -0.850. The first-order valence-corrected chi connectivity index (χ1v) is 2.99. The number of nitro groups is 1. The minimum absolute atomic E-state index is 0.713. The Balaban J connectivity index is 4.69. The van der Waals surface area contributed by atoms with E-state index >= 15 is 0 Å². The third-order valence-electron chi connectivity index (χ3n) is 1.45. The van der Waals surface area contributed by atoms with E-state index in [2.05, 4.69) is 0 Å². The van der Waals surface area contributed by atoms with Crippen LogP contribution in [-0.4, -0.2) is 27.8 Å². The number of aliphatic hydroxyl groups excluding tert-OH is 1. The van der Waals surface area contributed by atoms with Gasteiger partial charge in [-0.2, -0.15) is 13.2 Å². The summed E-state index contributed by atoms with van der Waals surface area (Å²) in [5.74, 6) is 0. The van der Waals surface area contributed by atoms with Gasteiger partial charge < -0.3 is 5.11 Å². The first kappa shape index (κ1) is 11.2. The summed E-state index contributed by atoms with van der Waals surface area (Å²) in [5.41, 5.74) is -2.40. The fourth-order valence-corrected chi connectivity index (χ4v) is 0.500. The number of rotatable bonds is 2. The largest absolute Gasteiger partial charge is 0.421 e. The Morgan fingerprint density at radius 2 is 1.75 bits per heavy atom. The highest BCUT2D eigenvalue weighted by atomic mass is 19.4. The molecule has 0 aliphatic heterocycles. The summed E-state index contributed by atoms with van der Waals surface area (Å²) in [6.07, 6.45) is -7.91. The van der Waals surface area contributed by atoms with E-state index in [0.717, 1.165) is 0 Å². The number of nitrogens with zero attached hydrogens (tertiary/aromatic N) is 1. The molecule has 1 unspecified atom stereocenters. The van der Waals surface area contributed by atoms with Crippen molar-refractivity contribution in [3.05, 3.63) is 10.1 Å². The number of hydrogen-bond acceptors (Lipinski definition) is 3. The molecule has 0 rings (SSSR count). The third kappa shape index (κ3) is 2.07. The van der Waals surface area contributed by atoms with Crippen molar-refractivity contribution in [2.45, 2.75) is 31.7 Å². The average molecular weight is 187 g/mol. The minimum Gasteiger partial charge on any atom is -0.378 e. The molecule has 0 aliphatic rings. The van der Waals surface area contributed by atoms with E-state index in [4.69, 9.17) is 5.11 Å². The van der Waals surface area contributed by atoms with Gasteiger partial charge in [-0.1, -0.05) is 0 Å². The molecular weight excluding hydrogens is 179 g/mol. The van der Waals surface area contributed by atoms with E-state index in [0.29, 0.717) is 13.8 Å². The van der Waals surface area contributed by atoms with Gasteiger partial charge in [0.1, 0.15) is 0 Å². The van der Waals surface area contributed by atoms with Crippen molar-refractivity contribution < 1.29 is 23.2 Å². The van der Waals surface area contributed by atoms with Crippen LogP contribution in [0.3, 0.4) is 0 Å². The molecule has 0 aliphatic carbocycles. The van der Waals surface area contributed by atoms with Crippen LogP contribution in [-0.2, 0) is 0 Å². The molecule has 0 aromatic carbocycles. The van der Waals surface area contributed by atoms with Crippen LogP contribution in [0.25, 0.3) is 0 Å². The molecule has 0 spiro atoms. The molecule has 0 amide bonds. The molecule has 0 fully saturated rings. The monoisotopic (exact) mass is 187 g/mol. The molecule has 0 heterocycles. The molecule has 0 aromatic rings. The predicted octanol–water partition coefficient (Wildman–Crippen LogP) is 0.965. The van der Waals surface area contributed by atoms with E-state index in [-0.39, 0.29) is 0 Å². The topological polar surface area (TPSA) is 63.4 Å². The molecule has 4 nitrogen and oxygen atoms in total. The van der Waals surface area contributed by atoms with Crippen LogP contribution in [0.2, 0.25) is 0 Å². The van der Waals surface area contributed by atoms with Crippen LogP contribution < -0.4 is 0 Å². The first-order chi connectivity index (χ1) is 5.10. The maximum Gasteiger partial charge on any atom is 0.421 e. The Morgan fingerprint density at radius 3 is 1.83 bits per heavy atom. The summed E-state index contributed by atoms with van der Waals surface area (Å²) in [6, 6.07) is 0. The standard InChI is InChI=1S/C5H8F3NO3/c1-4(2,9(11)12)3(10)5(6,7)8/h3,10H,1-2H3.